The third kappa shape index (κ3) is 3.97. The first-order valence-corrected chi connectivity index (χ1v) is 9.84. The van der Waals surface area contributed by atoms with Gasteiger partial charge in [0, 0.05) is 4.47 Å². The average molecular weight is 396 g/mol. The fourth-order valence-electron chi connectivity index (χ4n) is 2.62. The van der Waals surface area contributed by atoms with Crippen LogP contribution in [-0.2, 0) is 10.0 Å². The number of hydrogen-bond donors (Lipinski definition) is 3. The standard InChI is InChI=1S/C12H18BrN3O3S2/c13-9-6-7-20-12(9)21(18,19)16-10(11(14)15-17)8-4-2-1-3-5-8/h6-8,10,16-17H,1-5H2,(H2,14,15). The molecule has 21 heavy (non-hydrogen) atoms. The molecule has 0 aromatic carbocycles. The van der Waals surface area contributed by atoms with Crippen LogP contribution >= 0.6 is 27.3 Å². The van der Waals surface area contributed by atoms with Crippen molar-refractivity contribution in [3.8, 4) is 0 Å². The largest absolute Gasteiger partial charge is 0.409 e. The van der Waals surface area contributed by atoms with Gasteiger partial charge in [-0.1, -0.05) is 24.4 Å². The molecule has 2 rings (SSSR count). The van der Waals surface area contributed by atoms with Crippen molar-refractivity contribution < 1.29 is 13.6 Å². The Morgan fingerprint density at radius 2 is 2.14 bits per heavy atom. The SMILES string of the molecule is NC(=NO)C(NS(=O)(=O)c1sccc1Br)C1CCCCC1. The smallest absolute Gasteiger partial charge is 0.251 e. The van der Waals surface area contributed by atoms with E-state index in [1.807, 2.05) is 0 Å². The topological polar surface area (TPSA) is 105 Å². The highest BCUT2D eigenvalue weighted by atomic mass is 79.9. The molecule has 6 nitrogen and oxygen atoms in total. The minimum atomic E-state index is -3.70. The van der Waals surface area contributed by atoms with Gasteiger partial charge in [-0.2, -0.15) is 4.72 Å². The molecule has 0 spiro atoms. The van der Waals surface area contributed by atoms with Gasteiger partial charge in [-0.05, 0) is 46.1 Å². The average Bonchev–Trinajstić information content (AvgIpc) is 2.92. The van der Waals surface area contributed by atoms with E-state index in [9.17, 15) is 8.42 Å². The Kier molecular flexibility index (Phi) is 5.64. The Morgan fingerprint density at radius 3 is 2.67 bits per heavy atom. The van der Waals surface area contributed by atoms with Gasteiger partial charge in [-0.3, -0.25) is 0 Å². The van der Waals surface area contributed by atoms with Crippen molar-refractivity contribution in [2.24, 2.45) is 16.8 Å². The molecule has 1 unspecified atom stereocenters. The first-order chi connectivity index (χ1) is 9.95. The number of nitrogens with two attached hydrogens (primary N) is 1. The van der Waals surface area contributed by atoms with E-state index in [-0.39, 0.29) is 16.0 Å². The van der Waals surface area contributed by atoms with Crippen molar-refractivity contribution in [1.82, 2.24) is 4.72 Å². The van der Waals surface area contributed by atoms with Gasteiger partial charge < -0.3 is 10.9 Å². The number of hydrogen-bond acceptors (Lipinski definition) is 5. The quantitative estimate of drug-likeness (QED) is 0.308. The van der Waals surface area contributed by atoms with Crippen LogP contribution in [0.1, 0.15) is 32.1 Å². The van der Waals surface area contributed by atoms with Gasteiger partial charge in [-0.25, -0.2) is 8.42 Å². The molecule has 1 aliphatic rings. The summed E-state index contributed by atoms with van der Waals surface area (Å²) in [5.74, 6) is -0.0266. The molecule has 1 atom stereocenters. The van der Waals surface area contributed by atoms with E-state index in [0.717, 1.165) is 43.4 Å². The number of nitrogens with zero attached hydrogens (tertiary/aromatic N) is 1. The molecular weight excluding hydrogens is 378 g/mol. The second-order valence-electron chi connectivity index (χ2n) is 5.08. The minimum absolute atomic E-state index is 0.0585. The molecule has 9 heteroatoms. The monoisotopic (exact) mass is 395 g/mol. The van der Waals surface area contributed by atoms with Gasteiger partial charge in [0.1, 0.15) is 4.21 Å². The summed E-state index contributed by atoms with van der Waals surface area (Å²) in [4.78, 5) is 0. The van der Waals surface area contributed by atoms with Crippen molar-refractivity contribution in [2.45, 2.75) is 42.4 Å². The highest BCUT2D eigenvalue weighted by Gasteiger charge is 2.32. The number of sulfonamides is 1. The molecule has 1 aliphatic carbocycles. The van der Waals surface area contributed by atoms with Crippen LogP contribution in [0.3, 0.4) is 0 Å². The molecule has 1 fully saturated rings. The Hall–Kier alpha value is -0.640. The fraction of sp³-hybridized carbons (Fsp3) is 0.583. The van der Waals surface area contributed by atoms with Crippen LogP contribution < -0.4 is 10.5 Å². The Bertz CT molecular complexity index is 609. The number of rotatable bonds is 5. The van der Waals surface area contributed by atoms with Gasteiger partial charge >= 0.3 is 0 Å². The first kappa shape index (κ1) is 16.7. The van der Waals surface area contributed by atoms with Crippen LogP contribution in [-0.4, -0.2) is 25.5 Å². The molecule has 0 saturated heterocycles. The van der Waals surface area contributed by atoms with E-state index in [1.165, 1.54) is 0 Å². The Balaban J connectivity index is 2.24. The van der Waals surface area contributed by atoms with Gasteiger partial charge in [0.2, 0.25) is 0 Å². The summed E-state index contributed by atoms with van der Waals surface area (Å²) in [6.45, 7) is 0. The second-order valence-corrected chi connectivity index (χ2v) is 8.76. The van der Waals surface area contributed by atoms with Crippen molar-refractivity contribution in [3.05, 3.63) is 15.9 Å². The van der Waals surface area contributed by atoms with Crippen molar-refractivity contribution in [1.29, 1.82) is 0 Å². The van der Waals surface area contributed by atoms with E-state index >= 15 is 0 Å². The predicted molar refractivity (Wildman–Crippen MR) is 86.1 cm³/mol. The lowest BCUT2D eigenvalue weighted by molar-refractivity contribution is 0.297. The number of amidine groups is 1. The lowest BCUT2D eigenvalue weighted by Gasteiger charge is -2.29. The molecular formula is C12H18BrN3O3S2. The van der Waals surface area contributed by atoms with Crippen LogP contribution in [0, 0.1) is 5.92 Å². The van der Waals surface area contributed by atoms with Gasteiger partial charge in [-0.15, -0.1) is 11.3 Å². The van der Waals surface area contributed by atoms with E-state index in [4.69, 9.17) is 10.9 Å². The highest BCUT2D eigenvalue weighted by molar-refractivity contribution is 9.10. The molecule has 118 valence electrons. The van der Waals surface area contributed by atoms with Crippen molar-refractivity contribution in [2.75, 3.05) is 0 Å². The summed E-state index contributed by atoms with van der Waals surface area (Å²) < 4.78 is 28.2. The van der Waals surface area contributed by atoms with Crippen molar-refractivity contribution in [3.63, 3.8) is 0 Å². The molecule has 0 bridgehead atoms. The van der Waals surface area contributed by atoms with Crippen LogP contribution in [0.4, 0.5) is 0 Å². The summed E-state index contributed by atoms with van der Waals surface area (Å²) >= 11 is 4.35. The van der Waals surface area contributed by atoms with E-state index < -0.39 is 16.1 Å². The fourth-order valence-corrected chi connectivity index (χ4v) is 6.25. The normalized spacial score (nSPS) is 19.6. The lowest BCUT2D eigenvalue weighted by Crippen LogP contribution is -2.49. The molecule has 0 radical (unpaired) electrons. The third-order valence-corrected chi connectivity index (χ3v) is 7.78. The Morgan fingerprint density at radius 1 is 1.48 bits per heavy atom. The molecule has 0 amide bonds. The maximum Gasteiger partial charge on any atom is 0.251 e. The molecule has 1 aromatic rings. The summed E-state index contributed by atoms with van der Waals surface area (Å²) in [6, 6.07) is 1.01. The maximum atomic E-state index is 12.5. The summed E-state index contributed by atoms with van der Waals surface area (Å²) in [5.41, 5.74) is 5.71. The van der Waals surface area contributed by atoms with E-state index in [0.29, 0.717) is 4.47 Å². The number of oxime groups is 1. The Labute approximate surface area is 136 Å². The third-order valence-electron chi connectivity index (χ3n) is 3.67. The number of thiophene rings is 1. The van der Waals surface area contributed by atoms with Crippen LogP contribution in [0.25, 0.3) is 0 Å². The summed E-state index contributed by atoms with van der Waals surface area (Å²) in [7, 11) is -3.70. The lowest BCUT2D eigenvalue weighted by atomic mass is 9.84. The molecule has 1 aromatic heterocycles. The van der Waals surface area contributed by atoms with Gasteiger partial charge in [0.05, 0.1) is 6.04 Å². The second kappa shape index (κ2) is 7.08. The van der Waals surface area contributed by atoms with E-state index in [2.05, 4.69) is 25.8 Å². The highest BCUT2D eigenvalue weighted by Crippen LogP contribution is 2.30. The summed E-state index contributed by atoms with van der Waals surface area (Å²) in [5, 5.41) is 13.6. The molecule has 0 aliphatic heterocycles. The number of nitrogens with one attached hydrogen (secondary N) is 1. The van der Waals surface area contributed by atoms with Crippen LogP contribution in [0.5, 0.6) is 0 Å². The zero-order valence-corrected chi connectivity index (χ0v) is 14.5. The van der Waals surface area contributed by atoms with E-state index in [1.54, 1.807) is 11.4 Å². The van der Waals surface area contributed by atoms with Crippen LogP contribution in [0.15, 0.2) is 25.3 Å². The van der Waals surface area contributed by atoms with Crippen molar-refractivity contribution >= 4 is 43.1 Å². The zero-order chi connectivity index (χ0) is 15.5. The molecule has 1 heterocycles. The van der Waals surface area contributed by atoms with Gasteiger partial charge in [0.25, 0.3) is 10.0 Å². The maximum absolute atomic E-state index is 12.5. The minimum Gasteiger partial charge on any atom is -0.409 e. The summed E-state index contributed by atoms with van der Waals surface area (Å²) in [6.07, 6.45) is 4.95. The predicted octanol–water partition coefficient (Wildman–Crippen LogP) is 2.48. The first-order valence-electron chi connectivity index (χ1n) is 6.68. The molecule has 4 N–H and O–H groups in total. The van der Waals surface area contributed by atoms with Gasteiger partial charge in [0.15, 0.2) is 5.84 Å². The van der Waals surface area contributed by atoms with Crippen LogP contribution in [0.2, 0.25) is 0 Å². The molecule has 1 saturated carbocycles. The number of halogens is 1. The zero-order valence-electron chi connectivity index (χ0n) is 11.3.